The number of nitrogen functional groups attached to an aromatic ring is 1. The summed E-state index contributed by atoms with van der Waals surface area (Å²) in [6.07, 6.45) is 0. The molecule has 2 aromatic rings. The predicted molar refractivity (Wildman–Crippen MR) is 85.6 cm³/mol. The molecule has 104 valence electrons. The number of rotatable bonds is 3. The first-order valence-electron chi connectivity index (χ1n) is 6.40. The van der Waals surface area contributed by atoms with Gasteiger partial charge in [0.05, 0.1) is 6.04 Å². The van der Waals surface area contributed by atoms with Crippen molar-refractivity contribution in [3.8, 4) is 0 Å². The number of anilines is 1. The molecule has 2 rings (SSSR count). The number of nitrogens with two attached hydrogens (primary N) is 1. The number of nitrogens with one attached hydrogen (secondary N) is 1. The minimum atomic E-state index is -0.125. The summed E-state index contributed by atoms with van der Waals surface area (Å²) in [5.41, 5.74) is 9.19. The largest absolute Gasteiger partial charge is 0.398 e. The molecule has 3 nitrogen and oxygen atoms in total. The van der Waals surface area contributed by atoms with E-state index in [1.807, 2.05) is 38.1 Å². The van der Waals surface area contributed by atoms with Crippen LogP contribution in [0.5, 0.6) is 0 Å². The third-order valence-corrected chi connectivity index (χ3v) is 3.98. The molecule has 4 heteroatoms. The summed E-state index contributed by atoms with van der Waals surface area (Å²) in [7, 11) is 0. The van der Waals surface area contributed by atoms with Crippen molar-refractivity contribution in [2.45, 2.75) is 19.9 Å². The van der Waals surface area contributed by atoms with Gasteiger partial charge in [0.15, 0.2) is 0 Å². The van der Waals surface area contributed by atoms with Crippen LogP contribution in [0, 0.1) is 6.92 Å². The van der Waals surface area contributed by atoms with Crippen LogP contribution in [0.2, 0.25) is 0 Å². The topological polar surface area (TPSA) is 55.1 Å². The van der Waals surface area contributed by atoms with Crippen LogP contribution in [0.1, 0.15) is 34.5 Å². The standard InChI is InChI=1S/C16H17BrN2O/c1-10-5-3-4-6-13(10)11(2)19-16(20)12-7-8-14(17)15(18)9-12/h3-9,11H,18H2,1-2H3,(H,19,20)/t11-/m0/s1. The van der Waals surface area contributed by atoms with Crippen molar-refractivity contribution in [1.29, 1.82) is 0 Å². The maximum Gasteiger partial charge on any atom is 0.251 e. The van der Waals surface area contributed by atoms with E-state index in [0.717, 1.165) is 15.6 Å². The van der Waals surface area contributed by atoms with Gasteiger partial charge in [0.25, 0.3) is 5.91 Å². The van der Waals surface area contributed by atoms with Gasteiger partial charge in [-0.25, -0.2) is 0 Å². The highest BCUT2D eigenvalue weighted by atomic mass is 79.9. The zero-order valence-corrected chi connectivity index (χ0v) is 13.1. The molecule has 0 unspecified atom stereocenters. The molecule has 2 aromatic carbocycles. The van der Waals surface area contributed by atoms with Gasteiger partial charge >= 0.3 is 0 Å². The molecule has 0 bridgehead atoms. The summed E-state index contributed by atoms with van der Waals surface area (Å²) in [4.78, 5) is 12.2. The molecular weight excluding hydrogens is 316 g/mol. The molecule has 0 aliphatic rings. The molecule has 1 amide bonds. The van der Waals surface area contributed by atoms with E-state index >= 15 is 0 Å². The van der Waals surface area contributed by atoms with Crippen molar-refractivity contribution in [3.63, 3.8) is 0 Å². The first-order valence-corrected chi connectivity index (χ1v) is 7.19. The summed E-state index contributed by atoms with van der Waals surface area (Å²) in [6.45, 7) is 4.01. The SMILES string of the molecule is Cc1ccccc1[C@H](C)NC(=O)c1ccc(Br)c(N)c1. The smallest absolute Gasteiger partial charge is 0.251 e. The molecule has 0 aliphatic carbocycles. The van der Waals surface area contributed by atoms with Gasteiger partial charge in [-0.05, 0) is 59.1 Å². The molecule has 0 aromatic heterocycles. The van der Waals surface area contributed by atoms with E-state index in [1.54, 1.807) is 18.2 Å². The van der Waals surface area contributed by atoms with Crippen molar-refractivity contribution >= 4 is 27.5 Å². The van der Waals surface area contributed by atoms with Crippen molar-refractivity contribution in [3.05, 3.63) is 63.6 Å². The summed E-state index contributed by atoms with van der Waals surface area (Å²) in [5.74, 6) is -0.125. The lowest BCUT2D eigenvalue weighted by Gasteiger charge is -2.16. The zero-order valence-electron chi connectivity index (χ0n) is 11.5. The minimum Gasteiger partial charge on any atom is -0.398 e. The monoisotopic (exact) mass is 332 g/mol. The molecule has 0 spiro atoms. The van der Waals surface area contributed by atoms with Gasteiger partial charge in [0.2, 0.25) is 0 Å². The second-order valence-electron chi connectivity index (χ2n) is 4.79. The van der Waals surface area contributed by atoms with E-state index in [9.17, 15) is 4.79 Å². The van der Waals surface area contributed by atoms with Crippen molar-refractivity contribution in [1.82, 2.24) is 5.32 Å². The van der Waals surface area contributed by atoms with Crippen molar-refractivity contribution < 1.29 is 4.79 Å². The normalized spacial score (nSPS) is 11.9. The Hall–Kier alpha value is -1.81. The highest BCUT2D eigenvalue weighted by Crippen LogP contribution is 2.21. The Morgan fingerprint density at radius 2 is 1.95 bits per heavy atom. The van der Waals surface area contributed by atoms with Crippen LogP contribution in [0.4, 0.5) is 5.69 Å². The Bertz CT molecular complexity index is 640. The molecule has 0 saturated heterocycles. The van der Waals surface area contributed by atoms with Gasteiger partial charge < -0.3 is 11.1 Å². The molecule has 0 fully saturated rings. The summed E-state index contributed by atoms with van der Waals surface area (Å²) < 4.78 is 0.793. The van der Waals surface area contributed by atoms with E-state index in [4.69, 9.17) is 5.73 Å². The molecule has 0 aliphatic heterocycles. The number of hydrogen-bond donors (Lipinski definition) is 2. The second-order valence-corrected chi connectivity index (χ2v) is 5.64. The van der Waals surface area contributed by atoms with E-state index < -0.39 is 0 Å². The van der Waals surface area contributed by atoms with Gasteiger partial charge in [0.1, 0.15) is 0 Å². The third-order valence-electron chi connectivity index (χ3n) is 3.26. The van der Waals surface area contributed by atoms with Crippen molar-refractivity contribution in [2.75, 3.05) is 5.73 Å². The van der Waals surface area contributed by atoms with Gasteiger partial charge in [0, 0.05) is 15.7 Å². The van der Waals surface area contributed by atoms with Crippen LogP contribution in [0.3, 0.4) is 0 Å². The maximum atomic E-state index is 12.2. The van der Waals surface area contributed by atoms with Crippen LogP contribution in [0.15, 0.2) is 46.9 Å². The lowest BCUT2D eigenvalue weighted by molar-refractivity contribution is 0.0940. The number of halogens is 1. The average Bonchev–Trinajstić information content (AvgIpc) is 2.42. The molecule has 0 saturated carbocycles. The quantitative estimate of drug-likeness (QED) is 0.839. The lowest BCUT2D eigenvalue weighted by atomic mass is 10.0. The number of carbonyl (C=O) groups is 1. The fourth-order valence-corrected chi connectivity index (χ4v) is 2.36. The molecule has 0 heterocycles. The fourth-order valence-electron chi connectivity index (χ4n) is 2.12. The highest BCUT2D eigenvalue weighted by Gasteiger charge is 2.13. The average molecular weight is 333 g/mol. The molecule has 1 atom stereocenters. The van der Waals surface area contributed by atoms with Gasteiger partial charge in [-0.2, -0.15) is 0 Å². The Morgan fingerprint density at radius 1 is 1.25 bits per heavy atom. The highest BCUT2D eigenvalue weighted by molar-refractivity contribution is 9.10. The Kier molecular flexibility index (Phi) is 4.45. The summed E-state index contributed by atoms with van der Waals surface area (Å²) in [6, 6.07) is 13.2. The summed E-state index contributed by atoms with van der Waals surface area (Å²) in [5, 5.41) is 2.99. The second kappa shape index (κ2) is 6.09. The number of carbonyl (C=O) groups excluding carboxylic acids is 1. The fraction of sp³-hybridized carbons (Fsp3) is 0.188. The minimum absolute atomic E-state index is 0.0476. The first kappa shape index (κ1) is 14.6. The van der Waals surface area contributed by atoms with Crippen LogP contribution in [0.25, 0.3) is 0 Å². The van der Waals surface area contributed by atoms with E-state index in [0.29, 0.717) is 11.3 Å². The van der Waals surface area contributed by atoms with E-state index in [1.165, 1.54) is 0 Å². The summed E-state index contributed by atoms with van der Waals surface area (Å²) >= 11 is 3.32. The van der Waals surface area contributed by atoms with Gasteiger partial charge in [-0.1, -0.05) is 24.3 Å². The van der Waals surface area contributed by atoms with E-state index in [-0.39, 0.29) is 11.9 Å². The third kappa shape index (κ3) is 3.20. The van der Waals surface area contributed by atoms with Crippen molar-refractivity contribution in [2.24, 2.45) is 0 Å². The zero-order chi connectivity index (χ0) is 14.7. The Balaban J connectivity index is 2.15. The maximum absolute atomic E-state index is 12.2. The van der Waals surface area contributed by atoms with Crippen LogP contribution in [-0.4, -0.2) is 5.91 Å². The van der Waals surface area contributed by atoms with Crippen LogP contribution >= 0.6 is 15.9 Å². The number of amides is 1. The van der Waals surface area contributed by atoms with Gasteiger partial charge in [-0.3, -0.25) is 4.79 Å². The van der Waals surface area contributed by atoms with Gasteiger partial charge in [-0.15, -0.1) is 0 Å². The number of aryl methyl sites for hydroxylation is 1. The predicted octanol–water partition coefficient (Wildman–Crippen LogP) is 3.83. The molecule has 3 N–H and O–H groups in total. The Morgan fingerprint density at radius 3 is 2.60 bits per heavy atom. The first-order chi connectivity index (χ1) is 9.49. The number of hydrogen-bond acceptors (Lipinski definition) is 2. The Labute approximate surface area is 127 Å². The number of benzene rings is 2. The van der Waals surface area contributed by atoms with E-state index in [2.05, 4.69) is 21.2 Å². The lowest BCUT2D eigenvalue weighted by Crippen LogP contribution is -2.27. The van der Waals surface area contributed by atoms with Crippen LogP contribution < -0.4 is 11.1 Å². The molecule has 20 heavy (non-hydrogen) atoms. The molecule has 0 radical (unpaired) electrons. The molecular formula is C16H17BrN2O. The van der Waals surface area contributed by atoms with Crippen LogP contribution in [-0.2, 0) is 0 Å².